The van der Waals surface area contributed by atoms with Crippen LogP contribution in [-0.2, 0) is 0 Å². The lowest BCUT2D eigenvalue weighted by molar-refractivity contribution is -0.140. The van der Waals surface area contributed by atoms with Gasteiger partial charge in [-0.15, -0.1) is 0 Å². The van der Waals surface area contributed by atoms with Crippen molar-refractivity contribution in [1.29, 1.82) is 0 Å². The molecular formula is C19H22F4N4O3. The number of fused-ring (bicyclic) bond motifs is 1. The quantitative estimate of drug-likeness (QED) is 0.646. The van der Waals surface area contributed by atoms with Crippen LogP contribution in [-0.4, -0.2) is 40.0 Å². The smallest absolute Gasteiger partial charge is 0.390 e. The molecule has 0 spiro atoms. The number of alkyl halides is 3. The molecule has 2 aromatic rings. The van der Waals surface area contributed by atoms with Crippen molar-refractivity contribution < 1.29 is 22.7 Å². The lowest BCUT2D eigenvalue weighted by atomic mass is 9.97. The number of rotatable bonds is 4. The van der Waals surface area contributed by atoms with Crippen LogP contribution >= 0.6 is 0 Å². The summed E-state index contributed by atoms with van der Waals surface area (Å²) in [6.45, 7) is 1.87. The van der Waals surface area contributed by atoms with Crippen molar-refractivity contribution in [3.63, 3.8) is 0 Å². The summed E-state index contributed by atoms with van der Waals surface area (Å²) in [5, 5.41) is 10.1. The second-order valence-electron chi connectivity index (χ2n) is 8.20. The summed E-state index contributed by atoms with van der Waals surface area (Å²) in [6.07, 6.45) is -3.76. The highest BCUT2D eigenvalue weighted by atomic mass is 19.4. The molecule has 4 rings (SSSR count). The maximum absolute atomic E-state index is 15.1. The van der Waals surface area contributed by atoms with E-state index in [1.165, 1.54) is 9.47 Å². The first kappa shape index (κ1) is 20.7. The van der Waals surface area contributed by atoms with Crippen molar-refractivity contribution in [3.8, 4) is 5.75 Å². The SMILES string of the molecule is Cc1c(N2CCC(C(N)CC(F)(F)F)C2)c(F)c(O)c2c(=O)[nH]c(=O)n(C3CC3)c12. The van der Waals surface area contributed by atoms with E-state index in [0.717, 1.165) is 0 Å². The van der Waals surface area contributed by atoms with Crippen molar-refractivity contribution in [2.45, 2.75) is 50.9 Å². The molecule has 11 heteroatoms. The summed E-state index contributed by atoms with van der Waals surface area (Å²) in [5.41, 5.74) is 4.65. The minimum Gasteiger partial charge on any atom is -0.504 e. The van der Waals surface area contributed by atoms with Crippen LogP contribution in [0.1, 0.15) is 37.3 Å². The van der Waals surface area contributed by atoms with Gasteiger partial charge in [-0.05, 0) is 32.1 Å². The van der Waals surface area contributed by atoms with E-state index in [9.17, 15) is 27.9 Å². The molecule has 30 heavy (non-hydrogen) atoms. The molecule has 2 aliphatic rings. The first-order valence-corrected chi connectivity index (χ1v) is 9.76. The number of phenolic OH excluding ortho intramolecular Hbond substituents is 1. The highest BCUT2D eigenvalue weighted by Gasteiger charge is 2.38. The summed E-state index contributed by atoms with van der Waals surface area (Å²) < 4.78 is 54.5. The van der Waals surface area contributed by atoms with Gasteiger partial charge in [0, 0.05) is 30.7 Å². The number of nitrogens with zero attached hydrogens (tertiary/aromatic N) is 2. The predicted octanol–water partition coefficient (Wildman–Crippen LogP) is 2.28. The topological polar surface area (TPSA) is 104 Å². The normalized spacial score (nSPS) is 20.9. The molecule has 7 nitrogen and oxygen atoms in total. The molecule has 164 valence electrons. The molecule has 1 saturated heterocycles. The van der Waals surface area contributed by atoms with Crippen LogP contribution in [0.5, 0.6) is 5.75 Å². The molecule has 2 fully saturated rings. The van der Waals surface area contributed by atoms with Crippen LogP contribution < -0.4 is 21.9 Å². The van der Waals surface area contributed by atoms with Gasteiger partial charge in [0.15, 0.2) is 11.6 Å². The Hall–Kier alpha value is -2.56. The Morgan fingerprint density at radius 1 is 1.27 bits per heavy atom. The average Bonchev–Trinajstić information content (AvgIpc) is 3.34. The van der Waals surface area contributed by atoms with E-state index in [2.05, 4.69) is 4.98 Å². The average molecular weight is 430 g/mol. The summed E-state index contributed by atoms with van der Waals surface area (Å²) in [7, 11) is 0. The number of hydrogen-bond donors (Lipinski definition) is 3. The third-order valence-corrected chi connectivity index (χ3v) is 6.03. The van der Waals surface area contributed by atoms with Gasteiger partial charge < -0.3 is 15.7 Å². The molecule has 1 aliphatic carbocycles. The lowest BCUT2D eigenvalue weighted by Crippen LogP contribution is -2.37. The maximum Gasteiger partial charge on any atom is 0.390 e. The van der Waals surface area contributed by atoms with Crippen LogP contribution in [0.4, 0.5) is 23.2 Å². The fourth-order valence-corrected chi connectivity index (χ4v) is 4.47. The minimum atomic E-state index is -4.39. The minimum absolute atomic E-state index is 0.0129. The molecule has 2 heterocycles. The number of benzene rings is 1. The fourth-order valence-electron chi connectivity index (χ4n) is 4.47. The number of hydrogen-bond acceptors (Lipinski definition) is 5. The van der Waals surface area contributed by atoms with Crippen molar-refractivity contribution >= 4 is 16.6 Å². The number of aromatic hydroxyl groups is 1. The van der Waals surface area contributed by atoms with Gasteiger partial charge in [-0.3, -0.25) is 14.3 Å². The predicted molar refractivity (Wildman–Crippen MR) is 102 cm³/mol. The highest BCUT2D eigenvalue weighted by Crippen LogP contribution is 2.43. The van der Waals surface area contributed by atoms with Gasteiger partial charge in [-0.25, -0.2) is 9.18 Å². The standard InChI is InChI=1S/C19H22F4N4O3/c1-8-14-12(17(29)25-18(30)27(14)10-2-3-10)16(28)13(20)15(8)26-5-4-9(7-26)11(24)6-19(21,22)23/h9-11,28H,2-7,24H2,1H3,(H,25,29,30). The number of nitrogens with two attached hydrogens (primary N) is 1. The highest BCUT2D eigenvalue weighted by molar-refractivity contribution is 5.92. The van der Waals surface area contributed by atoms with E-state index in [1.54, 1.807) is 6.92 Å². The van der Waals surface area contributed by atoms with E-state index in [-0.39, 0.29) is 35.7 Å². The van der Waals surface area contributed by atoms with Crippen LogP contribution in [0, 0.1) is 18.7 Å². The molecule has 2 atom stereocenters. The van der Waals surface area contributed by atoms with Crippen molar-refractivity contribution in [2.24, 2.45) is 11.7 Å². The largest absolute Gasteiger partial charge is 0.504 e. The lowest BCUT2D eigenvalue weighted by Gasteiger charge is -2.26. The zero-order chi connectivity index (χ0) is 22.0. The van der Waals surface area contributed by atoms with Gasteiger partial charge in [-0.2, -0.15) is 13.2 Å². The number of phenols is 1. The van der Waals surface area contributed by atoms with Gasteiger partial charge >= 0.3 is 11.9 Å². The molecule has 0 radical (unpaired) electrons. The molecular weight excluding hydrogens is 408 g/mol. The van der Waals surface area contributed by atoms with E-state index in [1.807, 2.05) is 0 Å². The molecule has 0 bridgehead atoms. The third-order valence-electron chi connectivity index (χ3n) is 6.03. The Bertz CT molecular complexity index is 1120. The number of halogens is 4. The molecule has 1 saturated carbocycles. The van der Waals surface area contributed by atoms with Crippen molar-refractivity contribution in [2.75, 3.05) is 18.0 Å². The Labute approximate surface area is 168 Å². The number of anilines is 1. The Balaban J connectivity index is 1.80. The zero-order valence-electron chi connectivity index (χ0n) is 16.2. The number of aromatic nitrogens is 2. The number of H-pyrrole nitrogens is 1. The third kappa shape index (κ3) is 3.44. The van der Waals surface area contributed by atoms with Crippen molar-refractivity contribution in [3.05, 3.63) is 32.2 Å². The molecule has 1 aliphatic heterocycles. The van der Waals surface area contributed by atoms with E-state index in [0.29, 0.717) is 24.8 Å². The Kier molecular flexibility index (Phi) is 4.83. The Morgan fingerprint density at radius 2 is 1.93 bits per heavy atom. The van der Waals surface area contributed by atoms with Crippen LogP contribution in [0.15, 0.2) is 9.59 Å². The van der Waals surface area contributed by atoms with Crippen LogP contribution in [0.25, 0.3) is 10.9 Å². The number of aryl methyl sites for hydroxylation is 1. The van der Waals surface area contributed by atoms with Crippen molar-refractivity contribution in [1.82, 2.24) is 9.55 Å². The van der Waals surface area contributed by atoms with E-state index < -0.39 is 47.4 Å². The molecule has 1 aromatic carbocycles. The van der Waals surface area contributed by atoms with E-state index >= 15 is 4.39 Å². The van der Waals surface area contributed by atoms with Gasteiger partial charge in [0.25, 0.3) is 5.56 Å². The van der Waals surface area contributed by atoms with E-state index in [4.69, 9.17) is 5.73 Å². The summed E-state index contributed by atoms with van der Waals surface area (Å²) in [4.78, 5) is 28.3. The second kappa shape index (κ2) is 7.00. The maximum atomic E-state index is 15.1. The molecule has 0 amide bonds. The molecule has 2 unspecified atom stereocenters. The first-order valence-electron chi connectivity index (χ1n) is 9.76. The number of aromatic amines is 1. The van der Waals surface area contributed by atoms with Gasteiger partial charge in [-0.1, -0.05) is 0 Å². The van der Waals surface area contributed by atoms with Gasteiger partial charge in [0.1, 0.15) is 5.39 Å². The van der Waals surface area contributed by atoms with Gasteiger partial charge in [0.05, 0.1) is 17.6 Å². The van der Waals surface area contributed by atoms with Crippen LogP contribution in [0.3, 0.4) is 0 Å². The monoisotopic (exact) mass is 430 g/mol. The number of nitrogens with one attached hydrogen (secondary N) is 1. The molecule has 4 N–H and O–H groups in total. The molecule has 1 aromatic heterocycles. The Morgan fingerprint density at radius 3 is 2.53 bits per heavy atom. The zero-order valence-corrected chi connectivity index (χ0v) is 16.2. The fraction of sp³-hybridized carbons (Fsp3) is 0.579. The first-order chi connectivity index (χ1) is 14.0. The van der Waals surface area contributed by atoms with Gasteiger partial charge in [0.2, 0.25) is 0 Å². The second-order valence-corrected chi connectivity index (χ2v) is 8.20. The van der Waals surface area contributed by atoms with Crippen LogP contribution in [0.2, 0.25) is 0 Å². The summed E-state index contributed by atoms with van der Waals surface area (Å²) >= 11 is 0. The summed E-state index contributed by atoms with van der Waals surface area (Å²) in [5.74, 6) is -2.41. The summed E-state index contributed by atoms with van der Waals surface area (Å²) in [6, 6.07) is -1.28.